The fraction of sp³-hybridized carbons (Fsp3) is 0.0870. The topological polar surface area (TPSA) is 77.0 Å². The summed E-state index contributed by atoms with van der Waals surface area (Å²) in [5.41, 5.74) is 4.18. The van der Waals surface area contributed by atoms with Crippen LogP contribution in [-0.4, -0.2) is 24.7 Å². The molecular weight excluding hydrogens is 484 g/mol. The van der Waals surface area contributed by atoms with Crippen LogP contribution in [-0.2, 0) is 4.79 Å². The third kappa shape index (κ3) is 6.67. The van der Waals surface area contributed by atoms with Gasteiger partial charge in [0.15, 0.2) is 6.61 Å². The molecule has 0 unspecified atom stereocenters. The Hall–Kier alpha value is -3.16. The summed E-state index contributed by atoms with van der Waals surface area (Å²) in [6.45, 7) is 1.71. The number of nitrogens with one attached hydrogen (secondary N) is 1. The van der Waals surface area contributed by atoms with E-state index >= 15 is 0 Å². The molecule has 0 bridgehead atoms. The number of ether oxygens (including phenoxy) is 2. The van der Waals surface area contributed by atoms with Crippen molar-refractivity contribution in [2.24, 2.45) is 5.10 Å². The van der Waals surface area contributed by atoms with E-state index in [4.69, 9.17) is 21.1 Å². The molecule has 0 aliphatic heterocycles. The summed E-state index contributed by atoms with van der Waals surface area (Å²) >= 11 is 9.22. The highest BCUT2D eigenvalue weighted by Gasteiger charge is 2.12. The van der Waals surface area contributed by atoms with Gasteiger partial charge in [0.05, 0.1) is 11.8 Å². The Morgan fingerprint density at radius 2 is 1.81 bits per heavy atom. The molecule has 1 N–H and O–H groups in total. The first-order chi connectivity index (χ1) is 14.9. The zero-order valence-electron chi connectivity index (χ0n) is 16.5. The minimum Gasteiger partial charge on any atom is -0.483 e. The van der Waals surface area contributed by atoms with E-state index in [1.165, 1.54) is 6.21 Å². The minimum atomic E-state index is -0.538. The summed E-state index contributed by atoms with van der Waals surface area (Å²) in [7, 11) is 0. The molecule has 0 atom stereocenters. The third-order valence-electron chi connectivity index (χ3n) is 4.10. The van der Waals surface area contributed by atoms with Gasteiger partial charge in [-0.3, -0.25) is 4.79 Å². The molecule has 0 saturated heterocycles. The highest BCUT2D eigenvalue weighted by atomic mass is 79.9. The lowest BCUT2D eigenvalue weighted by molar-refractivity contribution is -0.123. The van der Waals surface area contributed by atoms with Gasteiger partial charge in [-0.25, -0.2) is 10.2 Å². The molecule has 8 heteroatoms. The van der Waals surface area contributed by atoms with Crippen LogP contribution in [0.15, 0.2) is 76.3 Å². The molecule has 0 aromatic heterocycles. The maximum atomic E-state index is 12.4. The number of halogens is 2. The summed E-state index contributed by atoms with van der Waals surface area (Å²) in [5, 5.41) is 4.46. The molecule has 31 heavy (non-hydrogen) atoms. The van der Waals surface area contributed by atoms with E-state index in [1.807, 2.05) is 25.1 Å². The maximum Gasteiger partial charge on any atom is 0.343 e. The number of carbonyl (C=O) groups excluding carboxylic acids is 2. The molecule has 0 heterocycles. The number of nitrogens with zero attached hydrogens (tertiary/aromatic N) is 1. The van der Waals surface area contributed by atoms with Crippen LogP contribution in [0.3, 0.4) is 0 Å². The summed E-state index contributed by atoms with van der Waals surface area (Å²) in [5.74, 6) is -0.0409. The number of hydrogen-bond acceptors (Lipinski definition) is 5. The normalized spacial score (nSPS) is 10.7. The number of esters is 1. The van der Waals surface area contributed by atoms with Crippen molar-refractivity contribution in [1.82, 2.24) is 5.43 Å². The first kappa shape index (κ1) is 22.5. The van der Waals surface area contributed by atoms with Gasteiger partial charge >= 0.3 is 5.97 Å². The second-order valence-corrected chi connectivity index (χ2v) is 7.78. The first-order valence-corrected chi connectivity index (χ1v) is 10.4. The molecule has 0 saturated carbocycles. The predicted octanol–water partition coefficient (Wildman–Crippen LogP) is 5.16. The van der Waals surface area contributed by atoms with Crippen LogP contribution in [0.1, 0.15) is 21.5 Å². The Labute approximate surface area is 193 Å². The molecule has 0 aliphatic rings. The van der Waals surface area contributed by atoms with Crippen LogP contribution < -0.4 is 14.9 Å². The SMILES string of the molecule is Cc1ccccc1OCC(=O)NN=Cc1cc(Br)ccc1OC(=O)c1ccc(Cl)cc1. The fourth-order valence-corrected chi connectivity index (χ4v) is 3.03. The molecule has 1 amide bonds. The number of carbonyl (C=O) groups is 2. The highest BCUT2D eigenvalue weighted by Crippen LogP contribution is 2.23. The zero-order valence-corrected chi connectivity index (χ0v) is 18.8. The van der Waals surface area contributed by atoms with Crippen molar-refractivity contribution in [2.45, 2.75) is 6.92 Å². The lowest BCUT2D eigenvalue weighted by atomic mass is 10.2. The number of para-hydroxylation sites is 1. The molecule has 3 aromatic carbocycles. The van der Waals surface area contributed by atoms with E-state index < -0.39 is 11.9 Å². The lowest BCUT2D eigenvalue weighted by Crippen LogP contribution is -2.24. The number of amides is 1. The number of hydrazone groups is 1. The molecule has 6 nitrogen and oxygen atoms in total. The Bertz CT molecular complexity index is 1120. The van der Waals surface area contributed by atoms with Crippen LogP contribution in [0.25, 0.3) is 0 Å². The van der Waals surface area contributed by atoms with Gasteiger partial charge in [-0.1, -0.05) is 45.7 Å². The molecule has 3 aromatic rings. The van der Waals surface area contributed by atoms with E-state index in [0.29, 0.717) is 21.9 Å². The lowest BCUT2D eigenvalue weighted by Gasteiger charge is -2.09. The van der Waals surface area contributed by atoms with Gasteiger partial charge in [0.1, 0.15) is 11.5 Å². The fourth-order valence-electron chi connectivity index (χ4n) is 2.53. The quantitative estimate of drug-likeness (QED) is 0.210. The van der Waals surface area contributed by atoms with Crippen molar-refractivity contribution in [3.63, 3.8) is 0 Å². The molecule has 158 valence electrons. The van der Waals surface area contributed by atoms with Crippen LogP contribution in [0, 0.1) is 6.92 Å². The summed E-state index contributed by atoms with van der Waals surface area (Å²) < 4.78 is 11.7. The van der Waals surface area contributed by atoms with E-state index in [9.17, 15) is 9.59 Å². The Balaban J connectivity index is 1.62. The Kier molecular flexibility index (Phi) is 7.81. The third-order valence-corrected chi connectivity index (χ3v) is 4.84. The number of hydrogen-bond donors (Lipinski definition) is 1. The molecule has 0 aliphatic carbocycles. The predicted molar refractivity (Wildman–Crippen MR) is 123 cm³/mol. The number of benzene rings is 3. The van der Waals surface area contributed by atoms with Gasteiger partial charge in [0, 0.05) is 15.1 Å². The first-order valence-electron chi connectivity index (χ1n) is 9.20. The molecular formula is C23H18BrClN2O4. The summed E-state index contributed by atoms with van der Waals surface area (Å²) in [4.78, 5) is 24.4. The van der Waals surface area contributed by atoms with Crippen LogP contribution in [0.5, 0.6) is 11.5 Å². The van der Waals surface area contributed by atoms with Crippen molar-refractivity contribution in [2.75, 3.05) is 6.61 Å². The van der Waals surface area contributed by atoms with Gasteiger partial charge < -0.3 is 9.47 Å². The number of aryl methyl sites for hydroxylation is 1. The smallest absolute Gasteiger partial charge is 0.343 e. The second-order valence-electron chi connectivity index (χ2n) is 6.43. The van der Waals surface area contributed by atoms with Gasteiger partial charge in [-0.15, -0.1) is 0 Å². The van der Waals surface area contributed by atoms with E-state index in [1.54, 1.807) is 48.5 Å². The van der Waals surface area contributed by atoms with Crippen molar-refractivity contribution < 1.29 is 19.1 Å². The minimum absolute atomic E-state index is 0.181. The molecule has 3 rings (SSSR count). The molecule has 0 spiro atoms. The summed E-state index contributed by atoms with van der Waals surface area (Å²) in [6.07, 6.45) is 1.39. The standard InChI is InChI=1S/C23H18BrClN2O4/c1-15-4-2-3-5-20(15)30-14-22(28)27-26-13-17-12-18(24)8-11-21(17)31-23(29)16-6-9-19(25)10-7-16/h2-13H,14H2,1H3,(H,27,28). The number of rotatable bonds is 7. The Morgan fingerprint density at radius 1 is 1.06 bits per heavy atom. The van der Waals surface area contributed by atoms with Gasteiger partial charge in [-0.2, -0.15) is 5.10 Å². The average Bonchev–Trinajstić information content (AvgIpc) is 2.75. The van der Waals surface area contributed by atoms with Gasteiger partial charge in [0.2, 0.25) is 0 Å². The van der Waals surface area contributed by atoms with Crippen molar-refractivity contribution in [3.8, 4) is 11.5 Å². The monoisotopic (exact) mass is 500 g/mol. The van der Waals surface area contributed by atoms with Crippen molar-refractivity contribution in [1.29, 1.82) is 0 Å². The van der Waals surface area contributed by atoms with Gasteiger partial charge in [0.25, 0.3) is 5.91 Å². The van der Waals surface area contributed by atoms with Crippen LogP contribution in [0.4, 0.5) is 0 Å². The van der Waals surface area contributed by atoms with E-state index in [2.05, 4.69) is 26.5 Å². The molecule has 0 fully saturated rings. The van der Waals surface area contributed by atoms with Crippen LogP contribution in [0.2, 0.25) is 5.02 Å². The van der Waals surface area contributed by atoms with E-state index in [0.717, 1.165) is 10.0 Å². The summed E-state index contributed by atoms with van der Waals surface area (Å²) in [6, 6.07) is 18.8. The van der Waals surface area contributed by atoms with Crippen LogP contribution >= 0.6 is 27.5 Å². The van der Waals surface area contributed by atoms with Crippen molar-refractivity contribution in [3.05, 3.63) is 92.9 Å². The van der Waals surface area contributed by atoms with Crippen molar-refractivity contribution >= 4 is 45.6 Å². The molecule has 0 radical (unpaired) electrons. The zero-order chi connectivity index (χ0) is 22.2. The maximum absolute atomic E-state index is 12.4. The largest absolute Gasteiger partial charge is 0.483 e. The second kappa shape index (κ2) is 10.7. The van der Waals surface area contributed by atoms with E-state index in [-0.39, 0.29) is 12.4 Å². The average molecular weight is 502 g/mol. The van der Waals surface area contributed by atoms with Gasteiger partial charge in [-0.05, 0) is 61.0 Å². The Morgan fingerprint density at radius 3 is 2.55 bits per heavy atom. The highest BCUT2D eigenvalue weighted by molar-refractivity contribution is 9.10.